The predicted octanol–water partition coefficient (Wildman–Crippen LogP) is 2.68. The van der Waals surface area contributed by atoms with E-state index in [2.05, 4.69) is 9.71 Å². The zero-order chi connectivity index (χ0) is 18.0. The summed E-state index contributed by atoms with van der Waals surface area (Å²) in [6.45, 7) is 0.673. The van der Waals surface area contributed by atoms with Gasteiger partial charge in [0, 0.05) is 17.6 Å². The zero-order valence-corrected chi connectivity index (χ0v) is 14.9. The van der Waals surface area contributed by atoms with Crippen molar-refractivity contribution in [1.82, 2.24) is 9.88 Å². The lowest BCUT2D eigenvalue weighted by molar-refractivity contribution is 0.397. The summed E-state index contributed by atoms with van der Waals surface area (Å²) in [6, 6.07) is 15.5. The number of rotatable bonds is 5. The summed E-state index contributed by atoms with van der Waals surface area (Å²) in [5.41, 5.74) is 8.03. The van der Waals surface area contributed by atoms with Crippen LogP contribution in [0, 0.1) is 0 Å². The lowest BCUT2D eigenvalue weighted by Gasteiger charge is -2.13. The van der Waals surface area contributed by atoms with Crippen LogP contribution in [-0.2, 0) is 16.6 Å². The molecular formula is C18H20N4O2S. The Hall–Kier alpha value is -2.64. The number of nitrogens with one attached hydrogen (secondary N) is 1. The molecule has 0 atom stereocenters. The van der Waals surface area contributed by atoms with Crippen molar-refractivity contribution in [2.75, 3.05) is 24.6 Å². The van der Waals surface area contributed by atoms with Crippen LogP contribution in [0.1, 0.15) is 5.69 Å². The number of hydrogen-bond donors (Lipinski definition) is 2. The molecule has 0 spiro atoms. The molecule has 6 nitrogen and oxygen atoms in total. The Morgan fingerprint density at radius 1 is 1.08 bits per heavy atom. The highest BCUT2D eigenvalue weighted by Gasteiger charge is 2.16. The van der Waals surface area contributed by atoms with Gasteiger partial charge in [-0.05, 0) is 44.4 Å². The fraction of sp³-hybridized carbons (Fsp3) is 0.167. The maximum atomic E-state index is 12.7. The van der Waals surface area contributed by atoms with Crippen LogP contribution in [0.25, 0.3) is 10.9 Å². The molecule has 0 aliphatic heterocycles. The van der Waals surface area contributed by atoms with E-state index in [1.54, 1.807) is 24.3 Å². The smallest absolute Gasteiger partial charge is 0.262 e. The molecule has 0 aliphatic rings. The minimum atomic E-state index is -3.74. The molecule has 0 amide bonds. The fourth-order valence-corrected chi connectivity index (χ4v) is 3.69. The average molecular weight is 356 g/mol. The van der Waals surface area contributed by atoms with Crippen LogP contribution in [0.15, 0.2) is 59.5 Å². The van der Waals surface area contributed by atoms with Crippen LogP contribution < -0.4 is 10.5 Å². The van der Waals surface area contributed by atoms with E-state index in [1.165, 1.54) is 12.1 Å². The van der Waals surface area contributed by atoms with Gasteiger partial charge in [0.25, 0.3) is 10.0 Å². The lowest BCUT2D eigenvalue weighted by atomic mass is 10.2. The Bertz CT molecular complexity index is 1020. The van der Waals surface area contributed by atoms with E-state index in [-0.39, 0.29) is 4.90 Å². The first kappa shape index (κ1) is 17.2. The van der Waals surface area contributed by atoms with E-state index in [0.717, 1.165) is 11.1 Å². The van der Waals surface area contributed by atoms with Crippen LogP contribution in [0.5, 0.6) is 0 Å². The predicted molar refractivity (Wildman–Crippen MR) is 101 cm³/mol. The number of nitrogen functional groups attached to an aromatic ring is 1. The maximum Gasteiger partial charge on any atom is 0.262 e. The van der Waals surface area contributed by atoms with Crippen molar-refractivity contribution in [3.63, 3.8) is 0 Å². The number of aromatic nitrogens is 1. The fourth-order valence-electron chi connectivity index (χ4n) is 2.57. The van der Waals surface area contributed by atoms with Crippen molar-refractivity contribution in [2.24, 2.45) is 0 Å². The number of fused-ring (bicyclic) bond motifs is 1. The standard InChI is InChI=1S/C18H20N4O2S/c1-22(2)12-15-10-9-13-5-3-8-17(18(13)20-15)21-25(23,24)16-7-4-6-14(19)11-16/h3-11,21H,12,19H2,1-2H3. The second kappa shape index (κ2) is 6.70. The molecule has 0 unspecified atom stereocenters. The molecule has 7 heteroatoms. The summed E-state index contributed by atoms with van der Waals surface area (Å²) in [5, 5.41) is 0.871. The number of benzene rings is 2. The Balaban J connectivity index is 2.03. The molecule has 0 fully saturated rings. The third-order valence-electron chi connectivity index (χ3n) is 3.67. The number of para-hydroxylation sites is 1. The number of hydrogen-bond acceptors (Lipinski definition) is 5. The second-order valence-electron chi connectivity index (χ2n) is 6.10. The summed E-state index contributed by atoms with van der Waals surface area (Å²) in [4.78, 5) is 6.74. The van der Waals surface area contributed by atoms with Gasteiger partial charge in [-0.1, -0.05) is 24.3 Å². The average Bonchev–Trinajstić information content (AvgIpc) is 2.54. The van der Waals surface area contributed by atoms with Gasteiger partial charge < -0.3 is 10.6 Å². The van der Waals surface area contributed by atoms with Gasteiger partial charge in [0.1, 0.15) is 0 Å². The molecule has 25 heavy (non-hydrogen) atoms. The molecule has 0 radical (unpaired) electrons. The van der Waals surface area contributed by atoms with Crippen molar-refractivity contribution in [3.05, 3.63) is 60.3 Å². The summed E-state index contributed by atoms with van der Waals surface area (Å²) in [7, 11) is 0.174. The highest BCUT2D eigenvalue weighted by molar-refractivity contribution is 7.92. The van der Waals surface area contributed by atoms with Crippen LogP contribution in [0.4, 0.5) is 11.4 Å². The molecule has 130 valence electrons. The molecule has 0 aliphatic carbocycles. The highest BCUT2D eigenvalue weighted by atomic mass is 32.2. The van der Waals surface area contributed by atoms with E-state index < -0.39 is 10.0 Å². The number of nitrogens with two attached hydrogens (primary N) is 1. The summed E-state index contributed by atoms with van der Waals surface area (Å²) in [5.74, 6) is 0. The SMILES string of the molecule is CN(C)Cc1ccc2cccc(NS(=O)(=O)c3cccc(N)c3)c2n1. The minimum Gasteiger partial charge on any atom is -0.399 e. The van der Waals surface area contributed by atoms with Crippen LogP contribution >= 0.6 is 0 Å². The van der Waals surface area contributed by atoms with Gasteiger partial charge in [-0.2, -0.15) is 0 Å². The summed E-state index contributed by atoms with van der Waals surface area (Å²) in [6.07, 6.45) is 0. The molecule has 0 saturated carbocycles. The molecule has 3 aromatic rings. The third kappa shape index (κ3) is 3.89. The number of anilines is 2. The van der Waals surface area contributed by atoms with Crippen molar-refractivity contribution >= 4 is 32.3 Å². The van der Waals surface area contributed by atoms with Gasteiger partial charge in [-0.3, -0.25) is 4.72 Å². The quantitative estimate of drug-likeness (QED) is 0.686. The number of nitrogens with zero attached hydrogens (tertiary/aromatic N) is 2. The maximum absolute atomic E-state index is 12.7. The summed E-state index contributed by atoms with van der Waals surface area (Å²) < 4.78 is 27.9. The Morgan fingerprint density at radius 2 is 1.84 bits per heavy atom. The van der Waals surface area contributed by atoms with Gasteiger partial charge in [-0.25, -0.2) is 13.4 Å². The molecule has 0 bridgehead atoms. The monoisotopic (exact) mass is 356 g/mol. The van der Waals surface area contributed by atoms with E-state index in [1.807, 2.05) is 37.2 Å². The van der Waals surface area contributed by atoms with Gasteiger partial charge in [0.2, 0.25) is 0 Å². The Labute approximate surface area is 147 Å². The van der Waals surface area contributed by atoms with Gasteiger partial charge in [0.15, 0.2) is 0 Å². The van der Waals surface area contributed by atoms with Crippen molar-refractivity contribution in [1.29, 1.82) is 0 Å². The number of sulfonamides is 1. The molecule has 2 aromatic carbocycles. The summed E-state index contributed by atoms with van der Waals surface area (Å²) >= 11 is 0. The van der Waals surface area contributed by atoms with Gasteiger partial charge in [-0.15, -0.1) is 0 Å². The van der Waals surface area contributed by atoms with Crippen molar-refractivity contribution in [3.8, 4) is 0 Å². The van der Waals surface area contributed by atoms with E-state index >= 15 is 0 Å². The first-order valence-electron chi connectivity index (χ1n) is 7.77. The van der Waals surface area contributed by atoms with E-state index in [0.29, 0.717) is 23.4 Å². The first-order valence-corrected chi connectivity index (χ1v) is 9.25. The molecule has 1 aromatic heterocycles. The van der Waals surface area contributed by atoms with Crippen LogP contribution in [-0.4, -0.2) is 32.4 Å². The number of pyridine rings is 1. The lowest BCUT2D eigenvalue weighted by Crippen LogP contribution is -2.14. The Morgan fingerprint density at radius 3 is 2.56 bits per heavy atom. The molecule has 0 saturated heterocycles. The van der Waals surface area contributed by atoms with E-state index in [4.69, 9.17) is 5.73 Å². The van der Waals surface area contributed by atoms with Gasteiger partial charge in [0.05, 0.1) is 21.8 Å². The zero-order valence-electron chi connectivity index (χ0n) is 14.1. The van der Waals surface area contributed by atoms with Crippen molar-refractivity contribution in [2.45, 2.75) is 11.4 Å². The first-order chi connectivity index (χ1) is 11.8. The normalized spacial score (nSPS) is 11.8. The van der Waals surface area contributed by atoms with Crippen LogP contribution in [0.2, 0.25) is 0 Å². The Kier molecular flexibility index (Phi) is 4.61. The van der Waals surface area contributed by atoms with E-state index in [9.17, 15) is 8.42 Å². The van der Waals surface area contributed by atoms with Crippen molar-refractivity contribution < 1.29 is 8.42 Å². The third-order valence-corrected chi connectivity index (χ3v) is 5.03. The topological polar surface area (TPSA) is 88.3 Å². The van der Waals surface area contributed by atoms with Crippen LogP contribution in [0.3, 0.4) is 0 Å². The molecule has 1 heterocycles. The van der Waals surface area contributed by atoms with Gasteiger partial charge >= 0.3 is 0 Å². The second-order valence-corrected chi connectivity index (χ2v) is 7.78. The molecule has 3 rings (SSSR count). The largest absolute Gasteiger partial charge is 0.399 e. The molecule has 3 N–H and O–H groups in total. The minimum absolute atomic E-state index is 0.119. The molecular weight excluding hydrogens is 336 g/mol. The highest BCUT2D eigenvalue weighted by Crippen LogP contribution is 2.25.